The summed E-state index contributed by atoms with van der Waals surface area (Å²) in [5.74, 6) is 0.267. The number of nitrogen functional groups attached to an aromatic ring is 1. The fraction of sp³-hybridized carbons (Fsp3) is 0.111. The van der Waals surface area contributed by atoms with Crippen molar-refractivity contribution in [1.29, 1.82) is 0 Å². The molecule has 1 heterocycles. The van der Waals surface area contributed by atoms with E-state index in [0.717, 1.165) is 5.52 Å². The summed E-state index contributed by atoms with van der Waals surface area (Å²) in [6.45, 7) is 1.47. The van der Waals surface area contributed by atoms with Crippen molar-refractivity contribution in [3.05, 3.63) is 24.0 Å². The van der Waals surface area contributed by atoms with Gasteiger partial charge in [-0.05, 0) is 12.1 Å². The van der Waals surface area contributed by atoms with E-state index in [9.17, 15) is 4.79 Å². The van der Waals surface area contributed by atoms with E-state index in [1.165, 1.54) is 6.92 Å². The minimum absolute atomic E-state index is 0.0874. The third kappa shape index (κ3) is 1.16. The highest BCUT2D eigenvalue weighted by Crippen LogP contribution is 2.17. The fourth-order valence-electron chi connectivity index (χ4n) is 1.22. The van der Waals surface area contributed by atoms with Crippen LogP contribution in [0.25, 0.3) is 11.0 Å². The first-order valence-electron chi connectivity index (χ1n) is 3.93. The number of benzene rings is 1. The van der Waals surface area contributed by atoms with Crippen LogP contribution >= 0.6 is 0 Å². The van der Waals surface area contributed by atoms with Gasteiger partial charge in [-0.25, -0.2) is 4.98 Å². The van der Waals surface area contributed by atoms with Crippen LogP contribution in [0.2, 0.25) is 0 Å². The molecule has 0 fully saturated rings. The highest BCUT2D eigenvalue weighted by molar-refractivity contribution is 5.96. The lowest BCUT2D eigenvalue weighted by Gasteiger charge is -1.90. The summed E-state index contributed by atoms with van der Waals surface area (Å²) in [5.41, 5.74) is 7.72. The van der Waals surface area contributed by atoms with Crippen LogP contribution in [-0.2, 0) is 0 Å². The highest BCUT2D eigenvalue weighted by Gasteiger charge is 2.07. The second-order valence-electron chi connectivity index (χ2n) is 2.89. The quantitative estimate of drug-likeness (QED) is 0.507. The lowest BCUT2D eigenvalue weighted by molar-refractivity contribution is 0.100. The first-order chi connectivity index (χ1) is 6.18. The number of hydrogen-bond acceptors (Lipinski definition) is 3. The molecule has 1 aromatic heterocycles. The lowest BCUT2D eigenvalue weighted by Crippen LogP contribution is -1.93. The second kappa shape index (κ2) is 2.58. The van der Waals surface area contributed by atoms with Crippen molar-refractivity contribution < 1.29 is 4.79 Å². The molecule has 4 heteroatoms. The number of aromatic nitrogens is 2. The van der Waals surface area contributed by atoms with Crippen molar-refractivity contribution in [2.45, 2.75) is 6.92 Å². The summed E-state index contributed by atoms with van der Waals surface area (Å²) >= 11 is 0. The average Bonchev–Trinajstić information content (AvgIpc) is 2.49. The molecule has 0 saturated carbocycles. The van der Waals surface area contributed by atoms with E-state index in [1.807, 2.05) is 12.1 Å². The SMILES string of the molecule is CC(=O)c1nc2c(N)cccc2[nH]1. The Bertz CT molecular complexity index is 473. The number of fused-ring (bicyclic) bond motifs is 1. The Balaban J connectivity index is 2.75. The molecule has 1 aromatic carbocycles. The van der Waals surface area contributed by atoms with Crippen LogP contribution in [0.5, 0.6) is 0 Å². The third-order valence-electron chi connectivity index (χ3n) is 1.88. The zero-order chi connectivity index (χ0) is 9.42. The Morgan fingerprint density at radius 3 is 2.92 bits per heavy atom. The fourth-order valence-corrected chi connectivity index (χ4v) is 1.22. The van der Waals surface area contributed by atoms with Crippen molar-refractivity contribution >= 4 is 22.5 Å². The van der Waals surface area contributed by atoms with Gasteiger partial charge in [0.15, 0.2) is 11.6 Å². The number of nitrogens with one attached hydrogen (secondary N) is 1. The Labute approximate surface area is 74.8 Å². The number of nitrogens with two attached hydrogens (primary N) is 1. The number of anilines is 1. The van der Waals surface area contributed by atoms with Crippen LogP contribution in [0, 0.1) is 0 Å². The zero-order valence-corrected chi connectivity index (χ0v) is 7.16. The number of imidazole rings is 1. The predicted molar refractivity (Wildman–Crippen MR) is 50.5 cm³/mol. The molecule has 4 nitrogen and oxygen atoms in total. The van der Waals surface area contributed by atoms with Crippen LogP contribution < -0.4 is 5.73 Å². The molecular formula is C9H9N3O. The van der Waals surface area contributed by atoms with Crippen molar-refractivity contribution in [1.82, 2.24) is 9.97 Å². The summed E-state index contributed by atoms with van der Waals surface area (Å²) in [4.78, 5) is 18.0. The largest absolute Gasteiger partial charge is 0.397 e. The number of para-hydroxylation sites is 1. The first-order valence-corrected chi connectivity index (χ1v) is 3.93. The number of nitrogens with zero attached hydrogens (tertiary/aromatic N) is 1. The molecule has 0 aliphatic heterocycles. The number of carbonyl (C=O) groups is 1. The standard InChI is InChI=1S/C9H9N3O/c1-5(13)9-11-7-4-2-3-6(10)8(7)12-9/h2-4H,10H2,1H3,(H,11,12). The van der Waals surface area contributed by atoms with Crippen LogP contribution in [0.4, 0.5) is 5.69 Å². The van der Waals surface area contributed by atoms with Gasteiger partial charge in [-0.1, -0.05) is 6.07 Å². The molecular weight excluding hydrogens is 166 g/mol. The molecule has 0 radical (unpaired) electrons. The molecule has 3 N–H and O–H groups in total. The molecule has 0 spiro atoms. The highest BCUT2D eigenvalue weighted by atomic mass is 16.1. The van der Waals surface area contributed by atoms with Crippen LogP contribution in [-0.4, -0.2) is 15.8 Å². The Kier molecular flexibility index (Phi) is 1.55. The second-order valence-corrected chi connectivity index (χ2v) is 2.89. The van der Waals surface area contributed by atoms with Gasteiger partial charge in [0.1, 0.15) is 5.52 Å². The van der Waals surface area contributed by atoms with Gasteiger partial charge < -0.3 is 10.7 Å². The third-order valence-corrected chi connectivity index (χ3v) is 1.88. The maximum atomic E-state index is 11.0. The number of hydrogen-bond donors (Lipinski definition) is 2. The Hall–Kier alpha value is -1.84. The molecule has 0 amide bonds. The van der Waals surface area contributed by atoms with E-state index in [-0.39, 0.29) is 5.78 Å². The average molecular weight is 175 g/mol. The summed E-state index contributed by atoms with van der Waals surface area (Å²) in [6, 6.07) is 5.41. The van der Waals surface area contributed by atoms with Gasteiger partial charge in [0, 0.05) is 6.92 Å². The van der Waals surface area contributed by atoms with E-state index < -0.39 is 0 Å². The Morgan fingerprint density at radius 2 is 2.31 bits per heavy atom. The normalized spacial score (nSPS) is 10.5. The predicted octanol–water partition coefficient (Wildman–Crippen LogP) is 1.35. The number of carbonyl (C=O) groups excluding carboxylic acids is 1. The minimum Gasteiger partial charge on any atom is -0.397 e. The maximum absolute atomic E-state index is 11.0. The summed E-state index contributed by atoms with van der Waals surface area (Å²) in [5, 5.41) is 0. The number of Topliss-reactive ketones (excluding diaryl/α,β-unsaturated/α-hetero) is 1. The van der Waals surface area contributed by atoms with Crippen molar-refractivity contribution in [2.75, 3.05) is 5.73 Å². The number of aromatic amines is 1. The first kappa shape index (κ1) is 7.79. The molecule has 0 atom stereocenters. The number of ketones is 1. The minimum atomic E-state index is -0.0874. The summed E-state index contributed by atoms with van der Waals surface area (Å²) in [7, 11) is 0. The summed E-state index contributed by atoms with van der Waals surface area (Å²) < 4.78 is 0. The van der Waals surface area contributed by atoms with E-state index in [0.29, 0.717) is 17.0 Å². The van der Waals surface area contributed by atoms with Crippen molar-refractivity contribution in [3.63, 3.8) is 0 Å². The molecule has 0 unspecified atom stereocenters. The molecule has 0 saturated heterocycles. The number of H-pyrrole nitrogens is 1. The van der Waals surface area contributed by atoms with E-state index in [4.69, 9.17) is 5.73 Å². The zero-order valence-electron chi connectivity index (χ0n) is 7.16. The molecule has 0 bridgehead atoms. The van der Waals surface area contributed by atoms with Gasteiger partial charge in [-0.15, -0.1) is 0 Å². The van der Waals surface area contributed by atoms with Gasteiger partial charge in [0.05, 0.1) is 11.2 Å². The maximum Gasteiger partial charge on any atom is 0.195 e. The van der Waals surface area contributed by atoms with Gasteiger partial charge >= 0.3 is 0 Å². The monoisotopic (exact) mass is 175 g/mol. The lowest BCUT2D eigenvalue weighted by atomic mass is 10.3. The molecule has 13 heavy (non-hydrogen) atoms. The number of rotatable bonds is 1. The topological polar surface area (TPSA) is 71.8 Å². The van der Waals surface area contributed by atoms with Gasteiger partial charge in [0.25, 0.3) is 0 Å². The smallest absolute Gasteiger partial charge is 0.195 e. The molecule has 66 valence electrons. The van der Waals surface area contributed by atoms with Crippen LogP contribution in [0.3, 0.4) is 0 Å². The van der Waals surface area contributed by atoms with E-state index >= 15 is 0 Å². The van der Waals surface area contributed by atoms with E-state index in [2.05, 4.69) is 9.97 Å². The van der Waals surface area contributed by atoms with Crippen LogP contribution in [0.1, 0.15) is 17.5 Å². The van der Waals surface area contributed by atoms with Crippen LogP contribution in [0.15, 0.2) is 18.2 Å². The van der Waals surface area contributed by atoms with E-state index in [1.54, 1.807) is 6.07 Å². The Morgan fingerprint density at radius 1 is 1.54 bits per heavy atom. The molecule has 2 aromatic rings. The van der Waals surface area contributed by atoms with Crippen molar-refractivity contribution in [3.8, 4) is 0 Å². The molecule has 2 rings (SSSR count). The van der Waals surface area contributed by atoms with Gasteiger partial charge in [0.2, 0.25) is 0 Å². The van der Waals surface area contributed by atoms with Gasteiger partial charge in [-0.3, -0.25) is 4.79 Å². The van der Waals surface area contributed by atoms with Crippen molar-refractivity contribution in [2.24, 2.45) is 0 Å². The molecule has 0 aliphatic carbocycles. The summed E-state index contributed by atoms with van der Waals surface area (Å²) in [6.07, 6.45) is 0. The molecule has 0 aliphatic rings. The van der Waals surface area contributed by atoms with Gasteiger partial charge in [-0.2, -0.15) is 0 Å².